The molecule has 0 unspecified atom stereocenters. The first-order valence-electron chi connectivity index (χ1n) is 22.4. The van der Waals surface area contributed by atoms with Crippen molar-refractivity contribution in [2.24, 2.45) is 0 Å². The van der Waals surface area contributed by atoms with E-state index in [2.05, 4.69) is 110 Å². The second-order valence-corrected chi connectivity index (χ2v) is 17.7. The number of carbonyl (C=O) groups is 1. The number of thiophene rings is 1. The number of rotatable bonds is 18. The molecule has 0 spiro atoms. The van der Waals surface area contributed by atoms with Crippen molar-refractivity contribution >= 4 is 50.1 Å². The third kappa shape index (κ3) is 9.49. The first-order valence-corrected chi connectivity index (χ1v) is 23.3. The molecule has 13 heteroatoms. The number of ether oxygens (including phenoxy) is 2. The molecule has 1 aliphatic heterocycles. The lowest BCUT2D eigenvalue weighted by molar-refractivity contribution is -0.123. The van der Waals surface area contributed by atoms with Crippen LogP contribution in [0.15, 0.2) is 88.8 Å². The van der Waals surface area contributed by atoms with Gasteiger partial charge in [0.05, 0.1) is 29.9 Å². The summed E-state index contributed by atoms with van der Waals surface area (Å²) in [5, 5.41) is 15.3. The van der Waals surface area contributed by atoms with Crippen molar-refractivity contribution in [2.75, 3.05) is 52.5 Å². The van der Waals surface area contributed by atoms with Gasteiger partial charge in [0.15, 0.2) is 18.2 Å². The van der Waals surface area contributed by atoms with E-state index >= 15 is 4.39 Å². The number of hydrogen-bond donors (Lipinski definition) is 2. The van der Waals surface area contributed by atoms with Gasteiger partial charge in [-0.25, -0.2) is 9.37 Å². The molecule has 11 nitrogen and oxygen atoms in total. The summed E-state index contributed by atoms with van der Waals surface area (Å²) < 4.78 is 36.6. The Morgan fingerprint density at radius 3 is 2.45 bits per heavy atom. The Morgan fingerprint density at radius 1 is 0.844 bits per heavy atom. The van der Waals surface area contributed by atoms with Gasteiger partial charge in [-0.1, -0.05) is 35.5 Å². The average Bonchev–Trinajstić information content (AvgIpc) is 4.07. The van der Waals surface area contributed by atoms with E-state index in [0.717, 1.165) is 110 Å². The second kappa shape index (κ2) is 19.5. The number of nitrogens with zero attached hydrogens (tertiary/aromatic N) is 5. The molecule has 4 aromatic carbocycles. The summed E-state index contributed by atoms with van der Waals surface area (Å²) in [5.41, 5.74) is 11.9. The standard InChI is InChI=1S/C51H56FN7O4S/c1-5-58-44-13-7-37(26-41(44)40-12-10-38(29-46(40)58)48-25-33(2)32-64-48)30-53-17-6-18-54-50(60)31-62-47-15-8-36(27-42(47)52)9-16-49-55-43-28-39(51-34(3)56-63-35(51)4)11-14-45(43)59(49)20-19-57-21-23-61-24-22-57/h7-8,10-15,25-29,32,53H,5-6,9,16-24,30-31H2,1-4H3,(H,54,60). The van der Waals surface area contributed by atoms with Gasteiger partial charge in [-0.2, -0.15) is 0 Å². The van der Waals surface area contributed by atoms with Gasteiger partial charge in [-0.3, -0.25) is 9.69 Å². The highest BCUT2D eigenvalue weighted by Gasteiger charge is 2.19. The minimum Gasteiger partial charge on any atom is -0.481 e. The van der Waals surface area contributed by atoms with Crippen LogP contribution in [0.4, 0.5) is 4.39 Å². The quantitative estimate of drug-likeness (QED) is 0.0821. The van der Waals surface area contributed by atoms with Crippen LogP contribution in [-0.2, 0) is 42.0 Å². The summed E-state index contributed by atoms with van der Waals surface area (Å²) >= 11 is 1.79. The zero-order valence-electron chi connectivity index (χ0n) is 37.1. The summed E-state index contributed by atoms with van der Waals surface area (Å²) in [7, 11) is 0. The van der Waals surface area contributed by atoms with Crippen LogP contribution in [0.3, 0.4) is 0 Å². The average molecular weight is 882 g/mol. The van der Waals surface area contributed by atoms with E-state index in [9.17, 15) is 4.79 Å². The van der Waals surface area contributed by atoms with Gasteiger partial charge in [0.1, 0.15) is 11.6 Å². The third-order valence-corrected chi connectivity index (χ3v) is 13.4. The minimum atomic E-state index is -0.491. The van der Waals surface area contributed by atoms with Gasteiger partial charge < -0.3 is 33.8 Å². The lowest BCUT2D eigenvalue weighted by Crippen LogP contribution is -2.38. The highest BCUT2D eigenvalue weighted by Crippen LogP contribution is 2.35. The van der Waals surface area contributed by atoms with Crippen LogP contribution in [0.25, 0.3) is 54.4 Å². The van der Waals surface area contributed by atoms with Crippen molar-refractivity contribution in [1.82, 2.24) is 34.8 Å². The number of halogens is 1. The summed E-state index contributed by atoms with van der Waals surface area (Å²) in [6.07, 6.45) is 1.98. The van der Waals surface area contributed by atoms with Gasteiger partial charge >= 0.3 is 0 Å². The monoisotopic (exact) mass is 881 g/mol. The van der Waals surface area contributed by atoms with E-state index in [4.69, 9.17) is 19.0 Å². The van der Waals surface area contributed by atoms with E-state index in [1.807, 2.05) is 19.9 Å². The molecule has 332 valence electrons. The number of carbonyl (C=O) groups excluding carboxylic acids is 1. The lowest BCUT2D eigenvalue weighted by Gasteiger charge is -2.27. The molecule has 9 rings (SSSR count). The molecule has 0 bridgehead atoms. The first kappa shape index (κ1) is 43.4. The van der Waals surface area contributed by atoms with Crippen LogP contribution in [0.5, 0.6) is 5.75 Å². The molecule has 0 radical (unpaired) electrons. The maximum absolute atomic E-state index is 15.3. The van der Waals surface area contributed by atoms with Gasteiger partial charge in [0, 0.05) is 84.5 Å². The van der Waals surface area contributed by atoms with Crippen molar-refractivity contribution in [3.05, 3.63) is 124 Å². The van der Waals surface area contributed by atoms with E-state index in [-0.39, 0.29) is 18.3 Å². The van der Waals surface area contributed by atoms with Gasteiger partial charge in [0.25, 0.3) is 5.91 Å². The first-order chi connectivity index (χ1) is 31.2. The Kier molecular flexibility index (Phi) is 13.2. The SMILES string of the molecule is CCn1c2ccc(CNCCCNC(=O)COc3ccc(CCc4nc5cc(-c6c(C)noc6C)ccc5n4CCN4CCOCC4)cc3F)cc2c2ccc(-c3cc(C)cs3)cc21. The largest absolute Gasteiger partial charge is 0.481 e. The number of nitrogens with one attached hydrogen (secondary N) is 2. The molecule has 4 aromatic heterocycles. The fourth-order valence-corrected chi connectivity index (χ4v) is 9.91. The van der Waals surface area contributed by atoms with E-state index < -0.39 is 5.82 Å². The number of morpholine rings is 1. The van der Waals surface area contributed by atoms with Crippen molar-refractivity contribution in [3.8, 4) is 27.3 Å². The van der Waals surface area contributed by atoms with Crippen molar-refractivity contribution in [1.29, 1.82) is 0 Å². The molecule has 0 atom stereocenters. The second-order valence-electron chi connectivity index (χ2n) is 16.8. The summed E-state index contributed by atoms with van der Waals surface area (Å²) in [6, 6.07) is 27.1. The van der Waals surface area contributed by atoms with E-state index in [1.165, 1.54) is 49.4 Å². The topological polar surface area (TPSA) is 112 Å². The maximum Gasteiger partial charge on any atom is 0.257 e. The summed E-state index contributed by atoms with van der Waals surface area (Å²) in [4.78, 5) is 21.5. The predicted octanol–water partition coefficient (Wildman–Crippen LogP) is 9.40. The van der Waals surface area contributed by atoms with Crippen LogP contribution in [0, 0.1) is 26.6 Å². The Labute approximate surface area is 377 Å². The van der Waals surface area contributed by atoms with Crippen molar-refractivity contribution in [3.63, 3.8) is 0 Å². The number of imidazole rings is 1. The summed E-state index contributed by atoms with van der Waals surface area (Å²) in [5.74, 6) is 1.01. The molecule has 1 amide bonds. The minimum absolute atomic E-state index is 0.0576. The van der Waals surface area contributed by atoms with Crippen molar-refractivity contribution < 1.29 is 23.2 Å². The molecule has 64 heavy (non-hydrogen) atoms. The van der Waals surface area contributed by atoms with Crippen molar-refractivity contribution in [2.45, 2.75) is 66.6 Å². The fraction of sp³-hybridized carbons (Fsp3) is 0.353. The summed E-state index contributed by atoms with van der Waals surface area (Å²) in [6.45, 7) is 15.8. The number of benzene rings is 4. The Balaban J connectivity index is 0.748. The number of hydrogen-bond acceptors (Lipinski definition) is 9. The number of fused-ring (bicyclic) bond motifs is 4. The normalized spacial score (nSPS) is 13.5. The Morgan fingerprint density at radius 2 is 1.67 bits per heavy atom. The molecule has 1 fully saturated rings. The van der Waals surface area contributed by atoms with E-state index in [0.29, 0.717) is 19.4 Å². The molecule has 0 aliphatic carbocycles. The number of aromatic nitrogens is 4. The van der Waals surface area contributed by atoms with Gasteiger partial charge in [-0.05, 0) is 129 Å². The molecule has 1 aliphatic rings. The predicted molar refractivity (Wildman–Crippen MR) is 254 cm³/mol. The zero-order chi connectivity index (χ0) is 44.2. The lowest BCUT2D eigenvalue weighted by atomic mass is 10.0. The van der Waals surface area contributed by atoms with Crippen LogP contribution in [0.2, 0.25) is 0 Å². The molecular formula is C51H56FN7O4S. The fourth-order valence-electron chi connectivity index (χ4n) is 9.01. The Hall–Kier alpha value is -5.86. The number of aryl methyl sites for hydroxylation is 6. The van der Waals surface area contributed by atoms with Gasteiger partial charge in [-0.15, -0.1) is 11.3 Å². The third-order valence-electron chi connectivity index (χ3n) is 12.3. The molecular weight excluding hydrogens is 826 g/mol. The van der Waals surface area contributed by atoms with Gasteiger partial charge in [0.2, 0.25) is 0 Å². The van der Waals surface area contributed by atoms with Crippen LogP contribution < -0.4 is 15.4 Å². The smallest absolute Gasteiger partial charge is 0.257 e. The highest BCUT2D eigenvalue weighted by molar-refractivity contribution is 7.13. The molecule has 1 saturated heterocycles. The molecule has 2 N–H and O–H groups in total. The Bertz CT molecular complexity index is 2900. The van der Waals surface area contributed by atoms with Crippen LogP contribution >= 0.6 is 11.3 Å². The number of amides is 1. The van der Waals surface area contributed by atoms with Crippen LogP contribution in [0.1, 0.15) is 47.3 Å². The van der Waals surface area contributed by atoms with Crippen LogP contribution in [-0.4, -0.2) is 82.6 Å². The maximum atomic E-state index is 15.3. The molecule has 8 aromatic rings. The zero-order valence-corrected chi connectivity index (χ0v) is 38.0. The molecule has 5 heterocycles. The highest BCUT2D eigenvalue weighted by atomic mass is 32.1. The molecule has 0 saturated carbocycles. The van der Waals surface area contributed by atoms with E-state index in [1.54, 1.807) is 17.4 Å².